The second kappa shape index (κ2) is 6.75. The standard InChI is InChI=1S/C17H20O3/c1-5-8-12-13(9-6-2)17(20)15(11(4)18)14(10-7-3)16(12)19/h5-7,19-20H,1-3,8-10H2,4H3. The van der Waals surface area contributed by atoms with Crippen molar-refractivity contribution in [3.63, 3.8) is 0 Å². The lowest BCUT2D eigenvalue weighted by Gasteiger charge is -2.18. The van der Waals surface area contributed by atoms with E-state index in [9.17, 15) is 15.0 Å². The fourth-order valence-corrected chi connectivity index (χ4v) is 2.33. The Hall–Kier alpha value is -2.29. The number of carbonyl (C=O) groups excluding carboxylic acids is 1. The van der Waals surface area contributed by atoms with E-state index in [-0.39, 0.29) is 22.8 Å². The van der Waals surface area contributed by atoms with Gasteiger partial charge in [-0.15, -0.1) is 19.7 Å². The molecule has 0 aromatic heterocycles. The number of aromatic hydroxyl groups is 2. The van der Waals surface area contributed by atoms with Crippen LogP contribution in [-0.2, 0) is 19.3 Å². The molecule has 0 heterocycles. The van der Waals surface area contributed by atoms with Gasteiger partial charge in [-0.3, -0.25) is 4.79 Å². The second-order valence-corrected chi connectivity index (χ2v) is 4.54. The van der Waals surface area contributed by atoms with Crippen LogP contribution >= 0.6 is 0 Å². The van der Waals surface area contributed by atoms with Gasteiger partial charge in [0, 0.05) is 16.7 Å². The third-order valence-electron chi connectivity index (χ3n) is 3.16. The van der Waals surface area contributed by atoms with Crippen LogP contribution in [0.3, 0.4) is 0 Å². The van der Waals surface area contributed by atoms with Gasteiger partial charge in [0.15, 0.2) is 5.78 Å². The molecule has 0 saturated carbocycles. The summed E-state index contributed by atoms with van der Waals surface area (Å²) in [5.41, 5.74) is 1.68. The van der Waals surface area contributed by atoms with Crippen molar-refractivity contribution in [3.05, 3.63) is 60.2 Å². The fourth-order valence-electron chi connectivity index (χ4n) is 2.33. The lowest BCUT2D eigenvalue weighted by Crippen LogP contribution is -2.06. The highest BCUT2D eigenvalue weighted by Crippen LogP contribution is 2.39. The molecule has 106 valence electrons. The van der Waals surface area contributed by atoms with Crippen molar-refractivity contribution in [2.24, 2.45) is 0 Å². The molecular weight excluding hydrogens is 252 g/mol. The molecule has 20 heavy (non-hydrogen) atoms. The predicted molar refractivity (Wildman–Crippen MR) is 81.5 cm³/mol. The summed E-state index contributed by atoms with van der Waals surface area (Å²) in [7, 11) is 0. The molecular formula is C17H20O3. The van der Waals surface area contributed by atoms with Crippen molar-refractivity contribution in [1.82, 2.24) is 0 Å². The first kappa shape index (κ1) is 15.8. The van der Waals surface area contributed by atoms with E-state index in [0.29, 0.717) is 36.0 Å². The summed E-state index contributed by atoms with van der Waals surface area (Å²) in [5.74, 6) is -0.335. The predicted octanol–water partition coefficient (Wildman–Crippen LogP) is 3.49. The summed E-state index contributed by atoms with van der Waals surface area (Å²) < 4.78 is 0. The largest absolute Gasteiger partial charge is 0.507 e. The fraction of sp³-hybridized carbons (Fsp3) is 0.235. The van der Waals surface area contributed by atoms with Crippen molar-refractivity contribution < 1.29 is 15.0 Å². The zero-order chi connectivity index (χ0) is 15.3. The summed E-state index contributed by atoms with van der Waals surface area (Å²) in [6.07, 6.45) is 5.95. The van der Waals surface area contributed by atoms with Crippen LogP contribution in [0.4, 0.5) is 0 Å². The zero-order valence-electron chi connectivity index (χ0n) is 11.8. The number of phenolic OH excluding ortho intramolecular Hbond substituents is 2. The number of phenols is 2. The Balaban J connectivity index is 3.76. The smallest absolute Gasteiger partial charge is 0.163 e. The molecule has 0 unspecified atom stereocenters. The summed E-state index contributed by atoms with van der Waals surface area (Å²) in [6.45, 7) is 12.3. The van der Waals surface area contributed by atoms with Crippen molar-refractivity contribution in [2.75, 3.05) is 0 Å². The SMILES string of the molecule is C=CCc1c(O)c(CC=C)c(C(C)=O)c(O)c1CC=C. The van der Waals surface area contributed by atoms with Crippen LogP contribution in [0.25, 0.3) is 0 Å². The molecule has 0 saturated heterocycles. The van der Waals surface area contributed by atoms with E-state index in [1.165, 1.54) is 6.92 Å². The highest BCUT2D eigenvalue weighted by Gasteiger charge is 2.23. The summed E-state index contributed by atoms with van der Waals surface area (Å²) >= 11 is 0. The van der Waals surface area contributed by atoms with Gasteiger partial charge in [0.2, 0.25) is 0 Å². The number of hydrogen-bond donors (Lipinski definition) is 2. The van der Waals surface area contributed by atoms with Crippen LogP contribution in [0.5, 0.6) is 11.5 Å². The van der Waals surface area contributed by atoms with Gasteiger partial charge >= 0.3 is 0 Å². The highest BCUT2D eigenvalue weighted by molar-refractivity contribution is 6.00. The van der Waals surface area contributed by atoms with Gasteiger partial charge in [0.1, 0.15) is 11.5 Å². The Kier molecular flexibility index (Phi) is 5.32. The average Bonchev–Trinajstić information content (AvgIpc) is 2.39. The van der Waals surface area contributed by atoms with Gasteiger partial charge in [0.05, 0.1) is 5.56 Å². The van der Waals surface area contributed by atoms with Crippen LogP contribution < -0.4 is 0 Å². The van der Waals surface area contributed by atoms with Gasteiger partial charge in [-0.05, 0) is 26.2 Å². The van der Waals surface area contributed by atoms with Crippen LogP contribution in [0.1, 0.15) is 34.0 Å². The third kappa shape index (κ3) is 2.82. The normalized spacial score (nSPS) is 10.1. The second-order valence-electron chi connectivity index (χ2n) is 4.54. The quantitative estimate of drug-likeness (QED) is 0.454. The number of hydrogen-bond acceptors (Lipinski definition) is 3. The van der Waals surface area contributed by atoms with Gasteiger partial charge in [-0.1, -0.05) is 18.2 Å². The van der Waals surface area contributed by atoms with E-state index in [0.717, 1.165) is 0 Å². The molecule has 0 atom stereocenters. The molecule has 0 bridgehead atoms. The summed E-state index contributed by atoms with van der Waals surface area (Å²) in [5, 5.41) is 20.8. The minimum Gasteiger partial charge on any atom is -0.507 e. The van der Waals surface area contributed by atoms with Crippen LogP contribution in [0, 0.1) is 0 Å². The molecule has 2 N–H and O–H groups in total. The molecule has 0 aliphatic carbocycles. The maximum Gasteiger partial charge on any atom is 0.163 e. The Labute approximate surface area is 119 Å². The number of ketones is 1. The monoisotopic (exact) mass is 272 g/mol. The molecule has 0 radical (unpaired) electrons. The van der Waals surface area contributed by atoms with Crippen molar-refractivity contribution in [1.29, 1.82) is 0 Å². The number of rotatable bonds is 7. The molecule has 0 fully saturated rings. The van der Waals surface area contributed by atoms with E-state index in [1.54, 1.807) is 18.2 Å². The van der Waals surface area contributed by atoms with Gasteiger partial charge in [-0.25, -0.2) is 0 Å². The maximum absolute atomic E-state index is 11.8. The molecule has 3 heteroatoms. The van der Waals surface area contributed by atoms with E-state index < -0.39 is 0 Å². The summed E-state index contributed by atoms with van der Waals surface area (Å²) in [6, 6.07) is 0. The highest BCUT2D eigenvalue weighted by atomic mass is 16.3. The van der Waals surface area contributed by atoms with Crippen molar-refractivity contribution in [3.8, 4) is 11.5 Å². The molecule has 1 aromatic rings. The van der Waals surface area contributed by atoms with Crippen LogP contribution in [0.2, 0.25) is 0 Å². The van der Waals surface area contributed by atoms with Crippen LogP contribution in [0.15, 0.2) is 38.0 Å². The minimum atomic E-state index is -0.287. The van der Waals surface area contributed by atoms with Crippen molar-refractivity contribution >= 4 is 5.78 Å². The molecule has 0 aliphatic heterocycles. The van der Waals surface area contributed by atoms with Gasteiger partial charge < -0.3 is 10.2 Å². The molecule has 3 nitrogen and oxygen atoms in total. The first-order chi connectivity index (χ1) is 9.49. The summed E-state index contributed by atoms with van der Waals surface area (Å²) in [4.78, 5) is 11.8. The lowest BCUT2D eigenvalue weighted by atomic mass is 9.89. The van der Waals surface area contributed by atoms with Crippen LogP contribution in [-0.4, -0.2) is 16.0 Å². The number of allylic oxidation sites excluding steroid dienone is 3. The first-order valence-corrected chi connectivity index (χ1v) is 6.41. The topological polar surface area (TPSA) is 57.5 Å². The molecule has 1 aromatic carbocycles. The lowest BCUT2D eigenvalue weighted by molar-refractivity contribution is 0.101. The zero-order valence-corrected chi connectivity index (χ0v) is 11.8. The Morgan fingerprint density at radius 3 is 1.70 bits per heavy atom. The van der Waals surface area contributed by atoms with E-state index >= 15 is 0 Å². The average molecular weight is 272 g/mol. The van der Waals surface area contributed by atoms with Gasteiger partial charge in [-0.2, -0.15) is 0 Å². The molecule has 1 rings (SSSR count). The first-order valence-electron chi connectivity index (χ1n) is 6.41. The Morgan fingerprint density at radius 1 is 0.900 bits per heavy atom. The Morgan fingerprint density at radius 2 is 1.30 bits per heavy atom. The maximum atomic E-state index is 11.8. The number of Topliss-reactive ketones (excluding diaryl/α,β-unsaturated/α-hetero) is 1. The number of benzene rings is 1. The van der Waals surface area contributed by atoms with E-state index in [1.807, 2.05) is 0 Å². The van der Waals surface area contributed by atoms with E-state index in [4.69, 9.17) is 0 Å². The molecule has 0 aliphatic rings. The minimum absolute atomic E-state index is 0.0321. The Bertz CT molecular complexity index is 568. The van der Waals surface area contributed by atoms with Crippen molar-refractivity contribution in [2.45, 2.75) is 26.2 Å². The third-order valence-corrected chi connectivity index (χ3v) is 3.16. The number of carbonyl (C=O) groups is 1. The van der Waals surface area contributed by atoms with E-state index in [2.05, 4.69) is 19.7 Å². The molecule has 0 spiro atoms. The van der Waals surface area contributed by atoms with Gasteiger partial charge in [0.25, 0.3) is 0 Å². The molecule has 0 amide bonds.